The largest absolute Gasteiger partial charge is 0.497 e. The maximum Gasteiger partial charge on any atom is 0.255 e. The number of hydrogen-bond donors (Lipinski definition) is 1. The molecule has 0 aliphatic carbocycles. The summed E-state index contributed by atoms with van der Waals surface area (Å²) >= 11 is 0. The number of benzene rings is 1. The number of carbonyl (C=O) groups is 1. The number of aromatic nitrogens is 2. The predicted molar refractivity (Wildman–Crippen MR) is 80.4 cm³/mol. The Morgan fingerprint density at radius 3 is 2.48 bits per heavy atom. The van der Waals surface area contributed by atoms with Crippen LogP contribution < -0.4 is 10.1 Å². The lowest BCUT2D eigenvalue weighted by Gasteiger charge is -2.15. The molecule has 0 unspecified atom stereocenters. The fourth-order valence-corrected chi connectivity index (χ4v) is 2.06. The van der Waals surface area contributed by atoms with Crippen molar-refractivity contribution in [1.82, 2.24) is 15.3 Å². The van der Waals surface area contributed by atoms with Crippen LogP contribution in [0, 0.1) is 13.8 Å². The van der Waals surface area contributed by atoms with Crippen LogP contribution in [0.4, 0.5) is 0 Å². The van der Waals surface area contributed by atoms with Crippen LogP contribution in [0.3, 0.4) is 0 Å². The van der Waals surface area contributed by atoms with Crippen molar-refractivity contribution < 1.29 is 9.53 Å². The SMILES string of the molecule is COc1ccc([C@@H](C)NC(=O)c2cnc(C)nc2C)cc1. The van der Waals surface area contributed by atoms with Crippen LogP contribution in [0.2, 0.25) is 0 Å². The molecule has 1 heterocycles. The molecule has 0 bridgehead atoms. The van der Waals surface area contributed by atoms with Gasteiger partial charge in [0.05, 0.1) is 24.4 Å². The van der Waals surface area contributed by atoms with Crippen LogP contribution in [0.25, 0.3) is 0 Å². The number of methoxy groups -OCH3 is 1. The molecule has 1 aromatic heterocycles. The van der Waals surface area contributed by atoms with Gasteiger partial charge in [-0.3, -0.25) is 4.79 Å². The van der Waals surface area contributed by atoms with Gasteiger partial charge in [-0.05, 0) is 38.5 Å². The average molecular weight is 285 g/mol. The van der Waals surface area contributed by atoms with Gasteiger partial charge in [0, 0.05) is 6.20 Å². The summed E-state index contributed by atoms with van der Waals surface area (Å²) < 4.78 is 5.12. The number of amides is 1. The van der Waals surface area contributed by atoms with Crippen LogP contribution in [-0.4, -0.2) is 23.0 Å². The maximum absolute atomic E-state index is 12.3. The first-order chi connectivity index (χ1) is 10.0. The molecule has 1 amide bonds. The Balaban J connectivity index is 2.10. The molecule has 0 saturated carbocycles. The zero-order valence-corrected chi connectivity index (χ0v) is 12.7. The van der Waals surface area contributed by atoms with Crippen molar-refractivity contribution in [2.24, 2.45) is 0 Å². The third-order valence-electron chi connectivity index (χ3n) is 3.31. The van der Waals surface area contributed by atoms with Gasteiger partial charge in [0.2, 0.25) is 0 Å². The van der Waals surface area contributed by atoms with E-state index in [-0.39, 0.29) is 11.9 Å². The number of nitrogens with zero attached hydrogens (tertiary/aromatic N) is 2. The summed E-state index contributed by atoms with van der Waals surface area (Å²) in [4.78, 5) is 20.6. The van der Waals surface area contributed by atoms with Gasteiger partial charge in [-0.15, -0.1) is 0 Å². The van der Waals surface area contributed by atoms with Gasteiger partial charge < -0.3 is 10.1 Å². The predicted octanol–water partition coefficient (Wildman–Crippen LogP) is 2.59. The fourth-order valence-electron chi connectivity index (χ4n) is 2.06. The van der Waals surface area contributed by atoms with E-state index in [9.17, 15) is 4.79 Å². The molecule has 110 valence electrons. The molecule has 0 radical (unpaired) electrons. The van der Waals surface area contributed by atoms with E-state index in [2.05, 4.69) is 15.3 Å². The first-order valence-corrected chi connectivity index (χ1v) is 6.76. The van der Waals surface area contributed by atoms with Crippen LogP contribution in [0.1, 0.15) is 40.4 Å². The quantitative estimate of drug-likeness (QED) is 0.937. The highest BCUT2D eigenvalue weighted by Gasteiger charge is 2.14. The minimum atomic E-state index is -0.171. The van der Waals surface area contributed by atoms with E-state index in [1.807, 2.05) is 38.1 Å². The normalized spacial score (nSPS) is 11.8. The summed E-state index contributed by atoms with van der Waals surface area (Å²) in [5, 5.41) is 2.95. The second kappa shape index (κ2) is 6.35. The topological polar surface area (TPSA) is 64.1 Å². The summed E-state index contributed by atoms with van der Waals surface area (Å²) in [5.74, 6) is 1.28. The number of ether oxygens (including phenoxy) is 1. The van der Waals surface area contributed by atoms with E-state index >= 15 is 0 Å². The second-order valence-corrected chi connectivity index (χ2v) is 4.88. The Hall–Kier alpha value is -2.43. The van der Waals surface area contributed by atoms with Gasteiger partial charge in [-0.25, -0.2) is 9.97 Å². The van der Waals surface area contributed by atoms with E-state index in [4.69, 9.17) is 4.74 Å². The molecule has 0 aliphatic rings. The number of rotatable bonds is 4. The van der Waals surface area contributed by atoms with E-state index < -0.39 is 0 Å². The van der Waals surface area contributed by atoms with Gasteiger partial charge in [0.15, 0.2) is 0 Å². The molecule has 0 spiro atoms. The molecule has 2 rings (SSSR count). The second-order valence-electron chi connectivity index (χ2n) is 4.88. The van der Waals surface area contributed by atoms with Crippen molar-refractivity contribution in [2.45, 2.75) is 26.8 Å². The zero-order chi connectivity index (χ0) is 15.4. The summed E-state index contributed by atoms with van der Waals surface area (Å²) in [6, 6.07) is 7.50. The van der Waals surface area contributed by atoms with Crippen molar-refractivity contribution in [2.75, 3.05) is 7.11 Å². The third-order valence-corrected chi connectivity index (χ3v) is 3.31. The van der Waals surface area contributed by atoms with Gasteiger partial charge in [-0.2, -0.15) is 0 Å². The molecule has 1 atom stereocenters. The lowest BCUT2D eigenvalue weighted by atomic mass is 10.1. The van der Waals surface area contributed by atoms with Gasteiger partial charge >= 0.3 is 0 Å². The molecule has 21 heavy (non-hydrogen) atoms. The Bertz CT molecular complexity index is 638. The van der Waals surface area contributed by atoms with Crippen molar-refractivity contribution >= 4 is 5.91 Å². The lowest BCUT2D eigenvalue weighted by molar-refractivity contribution is 0.0938. The van der Waals surface area contributed by atoms with E-state index in [0.717, 1.165) is 11.3 Å². The molecule has 0 aliphatic heterocycles. The van der Waals surface area contributed by atoms with Crippen LogP contribution in [0.15, 0.2) is 30.5 Å². The first-order valence-electron chi connectivity index (χ1n) is 6.76. The highest BCUT2D eigenvalue weighted by molar-refractivity contribution is 5.95. The Kier molecular flexibility index (Phi) is 4.52. The van der Waals surface area contributed by atoms with Crippen LogP contribution in [-0.2, 0) is 0 Å². The highest BCUT2D eigenvalue weighted by Crippen LogP contribution is 2.18. The number of hydrogen-bond acceptors (Lipinski definition) is 4. The monoisotopic (exact) mass is 285 g/mol. The van der Waals surface area contributed by atoms with E-state index in [1.165, 1.54) is 0 Å². The summed E-state index contributed by atoms with van der Waals surface area (Å²) in [6.07, 6.45) is 1.56. The Labute approximate surface area is 124 Å². The smallest absolute Gasteiger partial charge is 0.255 e. The number of nitrogens with one attached hydrogen (secondary N) is 1. The van der Waals surface area contributed by atoms with Crippen molar-refractivity contribution in [1.29, 1.82) is 0 Å². The highest BCUT2D eigenvalue weighted by atomic mass is 16.5. The van der Waals surface area contributed by atoms with Crippen LogP contribution in [0.5, 0.6) is 5.75 Å². The van der Waals surface area contributed by atoms with E-state index in [0.29, 0.717) is 17.1 Å². The van der Waals surface area contributed by atoms with Gasteiger partial charge in [0.25, 0.3) is 5.91 Å². The maximum atomic E-state index is 12.3. The summed E-state index contributed by atoms with van der Waals surface area (Å²) in [7, 11) is 1.63. The van der Waals surface area contributed by atoms with Crippen molar-refractivity contribution in [3.8, 4) is 5.75 Å². The minimum absolute atomic E-state index is 0.107. The zero-order valence-electron chi connectivity index (χ0n) is 12.7. The molecule has 0 fully saturated rings. The molecule has 1 N–H and O–H groups in total. The lowest BCUT2D eigenvalue weighted by Crippen LogP contribution is -2.27. The number of aryl methyl sites for hydroxylation is 2. The van der Waals surface area contributed by atoms with Crippen LogP contribution >= 0.6 is 0 Å². The van der Waals surface area contributed by atoms with E-state index in [1.54, 1.807) is 20.2 Å². The average Bonchev–Trinajstić information content (AvgIpc) is 2.47. The molecule has 0 saturated heterocycles. The first kappa shape index (κ1) is 15.0. The molecule has 5 nitrogen and oxygen atoms in total. The molecular weight excluding hydrogens is 266 g/mol. The Morgan fingerprint density at radius 1 is 1.24 bits per heavy atom. The van der Waals surface area contributed by atoms with Gasteiger partial charge in [-0.1, -0.05) is 12.1 Å². The van der Waals surface area contributed by atoms with Crippen molar-refractivity contribution in [3.63, 3.8) is 0 Å². The molecule has 2 aromatic rings. The fraction of sp³-hybridized carbons (Fsp3) is 0.312. The number of carbonyl (C=O) groups excluding carboxylic acids is 1. The molecule has 5 heteroatoms. The molecular formula is C16H19N3O2. The Morgan fingerprint density at radius 2 is 1.90 bits per heavy atom. The standard InChI is InChI=1S/C16H19N3O2/c1-10(13-5-7-14(21-4)8-6-13)19-16(20)15-9-17-12(3)18-11(15)2/h5-10H,1-4H3,(H,19,20)/t10-/m1/s1. The summed E-state index contributed by atoms with van der Waals surface area (Å²) in [5.41, 5.74) is 2.19. The van der Waals surface area contributed by atoms with Crippen molar-refractivity contribution in [3.05, 3.63) is 53.1 Å². The third kappa shape index (κ3) is 3.56. The minimum Gasteiger partial charge on any atom is -0.497 e. The molecule has 1 aromatic carbocycles. The van der Waals surface area contributed by atoms with Gasteiger partial charge in [0.1, 0.15) is 11.6 Å². The summed E-state index contributed by atoms with van der Waals surface area (Å²) in [6.45, 7) is 5.54.